The van der Waals surface area contributed by atoms with Crippen molar-refractivity contribution in [1.82, 2.24) is 20.2 Å². The van der Waals surface area contributed by atoms with Crippen LogP contribution in [0.3, 0.4) is 0 Å². The number of aromatic nitrogens is 4. The van der Waals surface area contributed by atoms with Crippen molar-refractivity contribution < 1.29 is 4.39 Å². The second-order valence-electron chi connectivity index (χ2n) is 6.18. The van der Waals surface area contributed by atoms with Crippen LogP contribution >= 0.6 is 0 Å². The summed E-state index contributed by atoms with van der Waals surface area (Å²) in [5, 5.41) is 11.3. The van der Waals surface area contributed by atoms with Gasteiger partial charge in [0.05, 0.1) is 12.6 Å². The lowest BCUT2D eigenvalue weighted by Gasteiger charge is -2.25. The lowest BCUT2D eigenvalue weighted by molar-refractivity contribution is 0.357. The Hall–Kier alpha value is -2.31. The highest BCUT2D eigenvalue weighted by Gasteiger charge is 2.33. The van der Waals surface area contributed by atoms with Gasteiger partial charge in [-0.15, -0.1) is 5.10 Å². The minimum atomic E-state index is -0.837. The molecular weight excluding hydrogens is 295 g/mol. The van der Waals surface area contributed by atoms with Crippen molar-refractivity contribution in [3.05, 3.63) is 36.4 Å². The summed E-state index contributed by atoms with van der Waals surface area (Å²) in [5.41, 5.74) is 0. The number of halogens is 1. The third-order valence-electron chi connectivity index (χ3n) is 4.35. The third-order valence-corrected chi connectivity index (χ3v) is 4.35. The quantitative estimate of drug-likeness (QED) is 0.912. The predicted molar refractivity (Wildman–Crippen MR) is 85.2 cm³/mol. The van der Waals surface area contributed by atoms with E-state index >= 15 is 0 Å². The summed E-state index contributed by atoms with van der Waals surface area (Å²) in [6.45, 7) is 0.986. The zero-order valence-electron chi connectivity index (χ0n) is 12.8. The summed E-state index contributed by atoms with van der Waals surface area (Å²) in [4.78, 5) is 10.8. The summed E-state index contributed by atoms with van der Waals surface area (Å²) in [7, 11) is 0. The first-order valence-corrected chi connectivity index (χ1v) is 8.05. The van der Waals surface area contributed by atoms with Gasteiger partial charge < -0.3 is 10.2 Å². The minimum Gasteiger partial charge on any atom is -0.368 e. The number of nitrogens with zero attached hydrogens (tertiary/aromatic N) is 5. The average molecular weight is 314 g/mol. The van der Waals surface area contributed by atoms with E-state index in [2.05, 4.69) is 25.5 Å². The molecule has 1 saturated carbocycles. The highest BCUT2D eigenvalue weighted by molar-refractivity contribution is 5.42. The minimum absolute atomic E-state index is 0.0426. The molecule has 0 radical (unpaired) electrons. The lowest BCUT2D eigenvalue weighted by Crippen LogP contribution is -2.35. The number of rotatable bonds is 5. The molecule has 1 aliphatic carbocycles. The van der Waals surface area contributed by atoms with Gasteiger partial charge >= 0.3 is 0 Å². The summed E-state index contributed by atoms with van der Waals surface area (Å²) >= 11 is 0. The molecule has 0 bridgehead atoms. The molecule has 1 N–H and O–H groups in total. The van der Waals surface area contributed by atoms with E-state index in [1.54, 1.807) is 12.4 Å². The van der Waals surface area contributed by atoms with Crippen molar-refractivity contribution in [2.45, 2.75) is 37.4 Å². The fourth-order valence-corrected chi connectivity index (χ4v) is 3.01. The lowest BCUT2D eigenvalue weighted by atomic mass is 10.2. The zero-order valence-corrected chi connectivity index (χ0v) is 12.8. The van der Waals surface area contributed by atoms with Gasteiger partial charge in [0.25, 0.3) is 0 Å². The SMILES string of the molecule is F[C@H]1C[C@@H](CNc2ccnc(C3CC3)n2)N(c2cccnn2)C1. The van der Waals surface area contributed by atoms with Crippen molar-refractivity contribution in [3.63, 3.8) is 0 Å². The Balaban J connectivity index is 1.43. The van der Waals surface area contributed by atoms with Crippen molar-refractivity contribution in [1.29, 1.82) is 0 Å². The smallest absolute Gasteiger partial charge is 0.151 e. The Morgan fingerprint density at radius 1 is 1.26 bits per heavy atom. The molecule has 0 spiro atoms. The van der Waals surface area contributed by atoms with Crippen LogP contribution in [-0.2, 0) is 0 Å². The molecule has 2 aromatic heterocycles. The molecular formula is C16H19FN6. The third kappa shape index (κ3) is 3.23. The molecule has 2 aliphatic rings. The van der Waals surface area contributed by atoms with Crippen LogP contribution in [0.25, 0.3) is 0 Å². The summed E-state index contributed by atoms with van der Waals surface area (Å²) in [6, 6.07) is 5.60. The second-order valence-corrected chi connectivity index (χ2v) is 6.18. The van der Waals surface area contributed by atoms with Gasteiger partial charge in [-0.3, -0.25) is 0 Å². The maximum Gasteiger partial charge on any atom is 0.151 e. The molecule has 0 amide bonds. The molecule has 2 fully saturated rings. The summed E-state index contributed by atoms with van der Waals surface area (Å²) in [5.74, 6) is 2.97. The Morgan fingerprint density at radius 3 is 2.96 bits per heavy atom. The van der Waals surface area contributed by atoms with Gasteiger partial charge in [0, 0.05) is 31.3 Å². The first-order chi connectivity index (χ1) is 11.3. The van der Waals surface area contributed by atoms with E-state index in [4.69, 9.17) is 0 Å². The maximum atomic E-state index is 13.9. The molecule has 2 atom stereocenters. The van der Waals surface area contributed by atoms with Crippen LogP contribution in [0, 0.1) is 0 Å². The summed E-state index contributed by atoms with van der Waals surface area (Å²) in [6.07, 6.45) is 5.42. The van der Waals surface area contributed by atoms with Crippen LogP contribution in [0.4, 0.5) is 16.0 Å². The van der Waals surface area contributed by atoms with Crippen LogP contribution in [0.1, 0.15) is 31.0 Å². The molecule has 2 aromatic rings. The highest BCUT2D eigenvalue weighted by Crippen LogP contribution is 2.38. The number of hydrogen-bond donors (Lipinski definition) is 1. The monoisotopic (exact) mass is 314 g/mol. The van der Waals surface area contributed by atoms with Crippen LogP contribution in [0.5, 0.6) is 0 Å². The topological polar surface area (TPSA) is 66.8 Å². The van der Waals surface area contributed by atoms with E-state index in [-0.39, 0.29) is 6.04 Å². The van der Waals surface area contributed by atoms with Crippen molar-refractivity contribution >= 4 is 11.6 Å². The fraction of sp³-hybridized carbons (Fsp3) is 0.500. The molecule has 1 saturated heterocycles. The predicted octanol–water partition coefficient (Wildman–Crippen LogP) is 2.17. The van der Waals surface area contributed by atoms with Crippen LogP contribution in [-0.4, -0.2) is 45.5 Å². The Labute approximate surface area is 134 Å². The van der Waals surface area contributed by atoms with E-state index in [1.807, 2.05) is 23.1 Å². The number of alkyl halides is 1. The van der Waals surface area contributed by atoms with Crippen molar-refractivity contribution in [2.24, 2.45) is 0 Å². The molecule has 1 aliphatic heterocycles. The number of hydrogen-bond acceptors (Lipinski definition) is 6. The van der Waals surface area contributed by atoms with Crippen molar-refractivity contribution in [3.8, 4) is 0 Å². The van der Waals surface area contributed by atoms with E-state index in [0.717, 1.165) is 17.5 Å². The van der Waals surface area contributed by atoms with E-state index < -0.39 is 6.17 Å². The second kappa shape index (κ2) is 6.06. The molecule has 0 aromatic carbocycles. The molecule has 3 heterocycles. The van der Waals surface area contributed by atoms with E-state index in [9.17, 15) is 4.39 Å². The molecule has 0 unspecified atom stereocenters. The van der Waals surface area contributed by atoms with Crippen molar-refractivity contribution in [2.75, 3.05) is 23.3 Å². The zero-order chi connectivity index (χ0) is 15.6. The molecule has 7 heteroatoms. The van der Waals surface area contributed by atoms with Gasteiger partial charge in [0.2, 0.25) is 0 Å². The van der Waals surface area contributed by atoms with Gasteiger partial charge in [-0.05, 0) is 31.0 Å². The van der Waals surface area contributed by atoms with Gasteiger partial charge in [0.15, 0.2) is 5.82 Å². The van der Waals surface area contributed by atoms with Crippen LogP contribution < -0.4 is 10.2 Å². The molecule has 6 nitrogen and oxygen atoms in total. The molecule has 23 heavy (non-hydrogen) atoms. The first kappa shape index (κ1) is 14.3. The Kier molecular flexibility index (Phi) is 3.77. The van der Waals surface area contributed by atoms with Gasteiger partial charge in [0.1, 0.15) is 17.8 Å². The molecule has 120 valence electrons. The fourth-order valence-electron chi connectivity index (χ4n) is 3.01. The number of nitrogens with one attached hydrogen (secondary N) is 1. The average Bonchev–Trinajstić information content (AvgIpc) is 3.37. The number of anilines is 2. The van der Waals surface area contributed by atoms with Crippen LogP contribution in [0.15, 0.2) is 30.6 Å². The summed E-state index contributed by atoms with van der Waals surface area (Å²) < 4.78 is 13.9. The van der Waals surface area contributed by atoms with E-state index in [0.29, 0.717) is 25.4 Å². The first-order valence-electron chi connectivity index (χ1n) is 8.05. The normalized spacial score (nSPS) is 24.0. The van der Waals surface area contributed by atoms with Gasteiger partial charge in [-0.25, -0.2) is 14.4 Å². The standard InChI is InChI=1S/C16H19FN6/c17-12-8-13(23(10-12)15-2-1-6-20-22-15)9-19-14-5-7-18-16(21-14)11-3-4-11/h1-2,5-7,11-13H,3-4,8-10H2,(H,18,19,21)/t12-,13-/m0/s1. The van der Waals surface area contributed by atoms with E-state index in [1.165, 1.54) is 12.8 Å². The Morgan fingerprint density at radius 2 is 2.17 bits per heavy atom. The maximum absolute atomic E-state index is 13.9. The van der Waals surface area contributed by atoms with Gasteiger partial charge in [-0.1, -0.05) is 0 Å². The largest absolute Gasteiger partial charge is 0.368 e. The van der Waals surface area contributed by atoms with Gasteiger partial charge in [-0.2, -0.15) is 5.10 Å². The Bertz CT molecular complexity index is 663. The van der Waals surface area contributed by atoms with Crippen LogP contribution in [0.2, 0.25) is 0 Å². The highest BCUT2D eigenvalue weighted by atomic mass is 19.1. The molecule has 4 rings (SSSR count).